The molecule has 7 heteroatoms. The van der Waals surface area contributed by atoms with Gasteiger partial charge in [0.25, 0.3) is 5.91 Å². The Kier molecular flexibility index (Phi) is 5.88. The fourth-order valence-corrected chi connectivity index (χ4v) is 3.78. The lowest BCUT2D eigenvalue weighted by molar-refractivity contribution is 0.102. The van der Waals surface area contributed by atoms with Gasteiger partial charge in [0.2, 0.25) is 0 Å². The number of hydrogen-bond acceptors (Lipinski definition) is 3. The van der Waals surface area contributed by atoms with E-state index < -0.39 is 23.4 Å². The summed E-state index contributed by atoms with van der Waals surface area (Å²) in [5.74, 6) is -2.82. The summed E-state index contributed by atoms with van der Waals surface area (Å²) in [6.45, 7) is 4.66. The van der Waals surface area contributed by atoms with Gasteiger partial charge in [-0.15, -0.1) is 0 Å². The molecule has 1 heterocycles. The van der Waals surface area contributed by atoms with Gasteiger partial charge in [0, 0.05) is 42.4 Å². The van der Waals surface area contributed by atoms with Crippen molar-refractivity contribution in [1.29, 1.82) is 0 Å². The van der Waals surface area contributed by atoms with E-state index in [1.165, 1.54) is 0 Å². The van der Waals surface area contributed by atoms with Gasteiger partial charge >= 0.3 is 0 Å². The van der Waals surface area contributed by atoms with Crippen LogP contribution in [0.15, 0.2) is 30.3 Å². The zero-order valence-electron chi connectivity index (χ0n) is 14.3. The van der Waals surface area contributed by atoms with Gasteiger partial charge in [0.15, 0.2) is 17.5 Å². The topological polar surface area (TPSA) is 32.3 Å². The van der Waals surface area contributed by atoms with Gasteiger partial charge in [-0.05, 0) is 36.2 Å². The van der Waals surface area contributed by atoms with Crippen molar-refractivity contribution in [3.63, 3.8) is 0 Å². The highest BCUT2D eigenvalue weighted by molar-refractivity contribution is 7.99. The summed E-state index contributed by atoms with van der Waals surface area (Å²) < 4.78 is 39.7. The number of aryl methyl sites for hydroxylation is 1. The van der Waals surface area contributed by atoms with E-state index in [9.17, 15) is 18.0 Å². The highest BCUT2D eigenvalue weighted by Gasteiger charge is 2.16. The van der Waals surface area contributed by atoms with E-state index in [1.54, 1.807) is 0 Å². The largest absolute Gasteiger partial charge is 0.322 e. The molecule has 1 amide bonds. The third kappa shape index (κ3) is 4.40. The highest BCUT2D eigenvalue weighted by atomic mass is 32.2. The average Bonchev–Trinajstić information content (AvgIpc) is 2.63. The number of nitrogens with one attached hydrogen (secondary N) is 1. The van der Waals surface area contributed by atoms with Crippen molar-refractivity contribution >= 4 is 23.4 Å². The molecular weight excluding hydrogens is 361 g/mol. The minimum atomic E-state index is -1.58. The molecule has 0 aromatic heterocycles. The maximum Gasteiger partial charge on any atom is 0.255 e. The standard InChI is InChI=1S/C19H19F3N2OS/c1-12-2-3-13(11-24-4-6-26-7-5-24)8-17(12)23-19(25)14-9-15(20)18(22)16(21)10-14/h2-3,8-10H,4-7,11H2,1H3,(H,23,25). The van der Waals surface area contributed by atoms with Crippen molar-refractivity contribution in [2.24, 2.45) is 0 Å². The number of carbonyl (C=O) groups is 1. The van der Waals surface area contributed by atoms with Crippen molar-refractivity contribution in [3.05, 3.63) is 64.5 Å². The summed E-state index contributed by atoms with van der Waals surface area (Å²) in [4.78, 5) is 14.6. The van der Waals surface area contributed by atoms with Crippen molar-refractivity contribution in [3.8, 4) is 0 Å². The summed E-state index contributed by atoms with van der Waals surface area (Å²) in [7, 11) is 0. The molecule has 1 saturated heterocycles. The zero-order chi connectivity index (χ0) is 18.7. The SMILES string of the molecule is Cc1ccc(CN2CCSCC2)cc1NC(=O)c1cc(F)c(F)c(F)c1. The van der Waals surface area contributed by atoms with Gasteiger partial charge < -0.3 is 5.32 Å². The minimum Gasteiger partial charge on any atom is -0.322 e. The second-order valence-electron chi connectivity index (χ2n) is 6.25. The lowest BCUT2D eigenvalue weighted by Gasteiger charge is -2.26. The predicted molar refractivity (Wildman–Crippen MR) is 98.1 cm³/mol. The van der Waals surface area contributed by atoms with E-state index in [0.29, 0.717) is 17.8 Å². The number of thioether (sulfide) groups is 1. The molecule has 3 nitrogen and oxygen atoms in total. The van der Waals surface area contributed by atoms with Crippen LogP contribution in [0.4, 0.5) is 18.9 Å². The van der Waals surface area contributed by atoms with Crippen LogP contribution < -0.4 is 5.32 Å². The van der Waals surface area contributed by atoms with Gasteiger partial charge in [0.05, 0.1) is 0 Å². The first-order chi connectivity index (χ1) is 12.4. The van der Waals surface area contributed by atoms with E-state index >= 15 is 0 Å². The normalized spacial score (nSPS) is 15.1. The summed E-state index contributed by atoms with van der Waals surface area (Å²) in [5, 5.41) is 2.66. The minimum absolute atomic E-state index is 0.265. The van der Waals surface area contributed by atoms with E-state index in [1.807, 2.05) is 36.9 Å². The number of amides is 1. The smallest absolute Gasteiger partial charge is 0.255 e. The molecule has 0 aliphatic carbocycles. The number of nitrogens with zero attached hydrogens (tertiary/aromatic N) is 1. The molecular formula is C19H19F3N2OS. The molecule has 0 radical (unpaired) electrons. The molecule has 138 valence electrons. The molecule has 0 bridgehead atoms. The molecule has 1 aliphatic heterocycles. The quantitative estimate of drug-likeness (QED) is 0.807. The third-order valence-corrected chi connectivity index (χ3v) is 5.25. The highest BCUT2D eigenvalue weighted by Crippen LogP contribution is 2.21. The number of rotatable bonds is 4. The van der Waals surface area contributed by atoms with E-state index in [-0.39, 0.29) is 5.56 Å². The monoisotopic (exact) mass is 380 g/mol. The first-order valence-corrected chi connectivity index (χ1v) is 9.45. The molecule has 1 aliphatic rings. The van der Waals surface area contributed by atoms with Crippen molar-refractivity contribution in [2.45, 2.75) is 13.5 Å². The van der Waals surface area contributed by atoms with Crippen LogP contribution in [0.1, 0.15) is 21.5 Å². The van der Waals surface area contributed by atoms with Crippen LogP contribution in [-0.4, -0.2) is 35.4 Å². The Bertz CT molecular complexity index is 799. The van der Waals surface area contributed by atoms with Crippen LogP contribution in [0, 0.1) is 24.4 Å². The van der Waals surface area contributed by atoms with Crippen LogP contribution in [0.3, 0.4) is 0 Å². The molecule has 0 atom stereocenters. The molecule has 0 unspecified atom stereocenters. The molecule has 1 fully saturated rings. The Morgan fingerprint density at radius 3 is 2.42 bits per heavy atom. The van der Waals surface area contributed by atoms with Gasteiger partial charge in [0.1, 0.15) is 0 Å². The fraction of sp³-hybridized carbons (Fsp3) is 0.316. The van der Waals surface area contributed by atoms with Crippen LogP contribution in [0.5, 0.6) is 0 Å². The Balaban J connectivity index is 1.76. The second kappa shape index (κ2) is 8.14. The average molecular weight is 380 g/mol. The van der Waals surface area contributed by atoms with Gasteiger partial charge in [-0.1, -0.05) is 12.1 Å². The first-order valence-electron chi connectivity index (χ1n) is 8.29. The van der Waals surface area contributed by atoms with Crippen molar-refractivity contribution < 1.29 is 18.0 Å². The number of anilines is 1. The predicted octanol–water partition coefficient (Wildman–Crippen LogP) is 4.21. The summed E-state index contributed by atoms with van der Waals surface area (Å²) in [6.07, 6.45) is 0. The van der Waals surface area contributed by atoms with Crippen LogP contribution in [-0.2, 0) is 6.54 Å². The van der Waals surface area contributed by atoms with E-state index in [4.69, 9.17) is 0 Å². The van der Waals surface area contributed by atoms with E-state index in [2.05, 4.69) is 10.2 Å². The Hall–Kier alpha value is -1.99. The lowest BCUT2D eigenvalue weighted by Crippen LogP contribution is -2.32. The Morgan fingerprint density at radius 1 is 1.12 bits per heavy atom. The van der Waals surface area contributed by atoms with Crippen LogP contribution in [0.25, 0.3) is 0 Å². The summed E-state index contributed by atoms with van der Waals surface area (Å²) in [6, 6.07) is 7.15. The zero-order valence-corrected chi connectivity index (χ0v) is 15.1. The molecule has 2 aromatic carbocycles. The van der Waals surface area contributed by atoms with Crippen molar-refractivity contribution in [2.75, 3.05) is 29.9 Å². The number of halogens is 3. The summed E-state index contributed by atoms with van der Waals surface area (Å²) in [5.41, 5.74) is 2.19. The third-order valence-electron chi connectivity index (χ3n) is 4.31. The Labute approximate surface area is 154 Å². The number of hydrogen-bond donors (Lipinski definition) is 1. The number of benzene rings is 2. The maximum absolute atomic E-state index is 13.3. The van der Waals surface area contributed by atoms with Crippen LogP contribution >= 0.6 is 11.8 Å². The molecule has 0 spiro atoms. The molecule has 3 rings (SSSR count). The Morgan fingerprint density at radius 2 is 1.77 bits per heavy atom. The molecule has 0 saturated carbocycles. The summed E-state index contributed by atoms with van der Waals surface area (Å²) >= 11 is 1.94. The van der Waals surface area contributed by atoms with Gasteiger partial charge in [-0.3, -0.25) is 9.69 Å². The van der Waals surface area contributed by atoms with Crippen LogP contribution in [0.2, 0.25) is 0 Å². The van der Waals surface area contributed by atoms with E-state index in [0.717, 1.165) is 42.3 Å². The molecule has 26 heavy (non-hydrogen) atoms. The molecule has 2 aromatic rings. The maximum atomic E-state index is 13.3. The fourth-order valence-electron chi connectivity index (χ4n) is 2.80. The molecule has 1 N–H and O–H groups in total. The van der Waals surface area contributed by atoms with Gasteiger partial charge in [-0.2, -0.15) is 11.8 Å². The lowest BCUT2D eigenvalue weighted by atomic mass is 10.1. The first kappa shape index (κ1) is 18.8. The van der Waals surface area contributed by atoms with Gasteiger partial charge in [-0.25, -0.2) is 13.2 Å². The second-order valence-corrected chi connectivity index (χ2v) is 7.47. The number of carbonyl (C=O) groups excluding carboxylic acids is 1. The van der Waals surface area contributed by atoms with Crippen molar-refractivity contribution in [1.82, 2.24) is 4.90 Å².